The number of aromatic amines is 1. The Hall–Kier alpha value is -2.71. The van der Waals surface area contributed by atoms with Crippen LogP contribution in [0.3, 0.4) is 0 Å². The van der Waals surface area contributed by atoms with E-state index in [4.69, 9.17) is 4.74 Å². The van der Waals surface area contributed by atoms with Crippen LogP contribution >= 0.6 is 0 Å². The number of fused-ring (bicyclic) bond motifs is 4. The molecule has 0 aliphatic carbocycles. The van der Waals surface area contributed by atoms with Gasteiger partial charge in [-0.25, -0.2) is 0 Å². The van der Waals surface area contributed by atoms with Crippen molar-refractivity contribution in [2.24, 2.45) is 0 Å². The summed E-state index contributed by atoms with van der Waals surface area (Å²) in [4.78, 5) is 3.46. The summed E-state index contributed by atoms with van der Waals surface area (Å²) in [5.41, 5.74) is 4.11. The summed E-state index contributed by atoms with van der Waals surface area (Å²) in [7, 11) is 0. The number of benzene rings is 2. The van der Waals surface area contributed by atoms with Gasteiger partial charge in [-0.2, -0.15) is 4.57 Å². The van der Waals surface area contributed by atoms with Crippen LogP contribution in [0.5, 0.6) is 5.75 Å². The second-order valence-electron chi connectivity index (χ2n) is 7.85. The van der Waals surface area contributed by atoms with Crippen LogP contribution in [0.4, 0.5) is 0 Å². The zero-order valence-electron chi connectivity index (χ0n) is 16.1. The molecule has 29 heavy (non-hydrogen) atoms. The molecule has 1 fully saturated rings. The van der Waals surface area contributed by atoms with Crippen LogP contribution in [0.15, 0.2) is 36.7 Å². The quantitative estimate of drug-likeness (QED) is 0.315. The third-order valence-electron chi connectivity index (χ3n) is 6.09. The number of aromatic hydroxyl groups is 1. The summed E-state index contributed by atoms with van der Waals surface area (Å²) < 4.78 is 7.33. The van der Waals surface area contributed by atoms with Gasteiger partial charge in [0.15, 0.2) is 18.5 Å². The topological polar surface area (TPSA) is 110 Å². The first kappa shape index (κ1) is 18.3. The fourth-order valence-electron chi connectivity index (χ4n) is 4.47. The molecular formula is C22H23N2O5+. The molecule has 2 aromatic heterocycles. The normalized spacial score (nSPS) is 25.3. The van der Waals surface area contributed by atoms with Crippen molar-refractivity contribution in [1.29, 1.82) is 0 Å². The number of phenols is 1. The van der Waals surface area contributed by atoms with Crippen LogP contribution in [-0.4, -0.2) is 50.3 Å². The molecule has 0 spiro atoms. The van der Waals surface area contributed by atoms with Crippen molar-refractivity contribution in [1.82, 2.24) is 4.98 Å². The first-order valence-corrected chi connectivity index (χ1v) is 9.60. The third kappa shape index (κ3) is 2.63. The Balaban J connectivity index is 1.75. The summed E-state index contributed by atoms with van der Waals surface area (Å²) in [5.74, 6) is 0.213. The van der Waals surface area contributed by atoms with E-state index in [0.29, 0.717) is 0 Å². The van der Waals surface area contributed by atoms with E-state index < -0.39 is 24.5 Å². The van der Waals surface area contributed by atoms with Crippen LogP contribution < -0.4 is 4.57 Å². The van der Waals surface area contributed by atoms with Crippen LogP contribution in [0, 0.1) is 13.8 Å². The number of aliphatic hydroxyl groups excluding tert-OH is 3. The zero-order chi connectivity index (χ0) is 20.4. The minimum Gasteiger partial charge on any atom is -0.508 e. The Bertz CT molecular complexity index is 1260. The smallest absolute Gasteiger partial charge is 0.291 e. The lowest BCUT2D eigenvalue weighted by Gasteiger charge is -2.31. The molecule has 2 aromatic carbocycles. The van der Waals surface area contributed by atoms with E-state index in [1.54, 1.807) is 16.7 Å². The first-order chi connectivity index (χ1) is 13.9. The Labute approximate surface area is 166 Å². The van der Waals surface area contributed by atoms with Crippen molar-refractivity contribution >= 4 is 32.6 Å². The van der Waals surface area contributed by atoms with Gasteiger partial charge in [-0.3, -0.25) is 0 Å². The molecule has 0 amide bonds. The fraction of sp³-hybridized carbons (Fsp3) is 0.318. The van der Waals surface area contributed by atoms with Gasteiger partial charge < -0.3 is 30.1 Å². The van der Waals surface area contributed by atoms with Gasteiger partial charge in [0.1, 0.15) is 18.0 Å². The standard InChI is InChI=1S/C22H22N2O5/c1-10-15-8-24(22-21(28)20(27)17(26)9-29-22)6-5-13(15)11(2)19-18(10)14-7-12(25)3-4-16(14)23-19/h3-8,17,20-22,25-28H,9H2,1-2H3/p+1/t17-,20-,21+,22+/m0/s1. The molecule has 4 aromatic rings. The number of H-pyrrole nitrogens is 1. The molecule has 0 unspecified atom stereocenters. The maximum atomic E-state index is 10.4. The number of nitrogens with one attached hydrogen (secondary N) is 1. The molecule has 3 heterocycles. The van der Waals surface area contributed by atoms with E-state index in [-0.39, 0.29) is 12.4 Å². The van der Waals surface area contributed by atoms with Gasteiger partial charge >= 0.3 is 0 Å². The van der Waals surface area contributed by atoms with Crippen molar-refractivity contribution < 1.29 is 29.7 Å². The number of rotatable bonds is 1. The lowest BCUT2D eigenvalue weighted by atomic mass is 9.96. The number of nitrogens with zero attached hydrogens (tertiary/aromatic N) is 1. The van der Waals surface area contributed by atoms with Crippen molar-refractivity contribution in [3.8, 4) is 5.75 Å². The maximum Gasteiger partial charge on any atom is 0.291 e. The number of aliphatic hydroxyl groups is 3. The van der Waals surface area contributed by atoms with Gasteiger partial charge in [0.2, 0.25) is 0 Å². The summed E-state index contributed by atoms with van der Waals surface area (Å²) in [6.45, 7) is 4.03. The number of pyridine rings is 1. The highest BCUT2D eigenvalue weighted by molar-refractivity contribution is 6.16. The van der Waals surface area contributed by atoms with Gasteiger partial charge in [-0.15, -0.1) is 0 Å². The van der Waals surface area contributed by atoms with Gasteiger partial charge in [0.05, 0.1) is 12.1 Å². The predicted octanol–water partition coefficient (Wildman–Crippen LogP) is 1.70. The molecule has 7 nitrogen and oxygen atoms in total. The number of hydrogen-bond donors (Lipinski definition) is 5. The molecule has 4 atom stereocenters. The first-order valence-electron chi connectivity index (χ1n) is 9.60. The van der Waals surface area contributed by atoms with E-state index in [0.717, 1.165) is 43.7 Å². The van der Waals surface area contributed by atoms with Gasteiger partial charge in [-0.05, 0) is 48.6 Å². The van der Waals surface area contributed by atoms with Crippen molar-refractivity contribution in [3.05, 3.63) is 47.8 Å². The molecule has 1 aliphatic rings. The van der Waals surface area contributed by atoms with Crippen molar-refractivity contribution in [2.45, 2.75) is 38.4 Å². The molecule has 0 saturated carbocycles. The van der Waals surface area contributed by atoms with E-state index in [2.05, 4.69) is 11.9 Å². The van der Waals surface area contributed by atoms with Crippen LogP contribution in [-0.2, 0) is 4.74 Å². The third-order valence-corrected chi connectivity index (χ3v) is 6.09. The predicted molar refractivity (Wildman–Crippen MR) is 108 cm³/mol. The van der Waals surface area contributed by atoms with E-state index in [1.807, 2.05) is 31.5 Å². The minimum absolute atomic E-state index is 0.0489. The van der Waals surface area contributed by atoms with Crippen molar-refractivity contribution in [2.75, 3.05) is 6.61 Å². The van der Waals surface area contributed by atoms with E-state index >= 15 is 0 Å². The number of ether oxygens (including phenoxy) is 1. The average Bonchev–Trinajstić information content (AvgIpc) is 3.09. The maximum absolute atomic E-state index is 10.4. The largest absolute Gasteiger partial charge is 0.508 e. The van der Waals surface area contributed by atoms with Crippen LogP contribution in [0.1, 0.15) is 17.4 Å². The highest BCUT2D eigenvalue weighted by Crippen LogP contribution is 2.37. The second kappa shape index (κ2) is 6.40. The monoisotopic (exact) mass is 395 g/mol. The van der Waals surface area contributed by atoms with Crippen LogP contribution in [0.2, 0.25) is 0 Å². The summed E-state index contributed by atoms with van der Waals surface area (Å²) >= 11 is 0. The zero-order valence-corrected chi connectivity index (χ0v) is 16.1. The number of aromatic nitrogens is 2. The lowest BCUT2D eigenvalue weighted by molar-refractivity contribution is -0.774. The Morgan fingerprint density at radius 1 is 1.00 bits per heavy atom. The molecule has 0 bridgehead atoms. The summed E-state index contributed by atoms with van der Waals surface area (Å²) in [6, 6.07) is 7.26. The number of aryl methyl sites for hydroxylation is 2. The molecule has 7 heteroatoms. The lowest BCUT2D eigenvalue weighted by Crippen LogP contribution is -2.58. The Kier molecular flexibility index (Phi) is 4.04. The van der Waals surface area contributed by atoms with Crippen LogP contribution in [0.25, 0.3) is 32.6 Å². The molecule has 150 valence electrons. The molecule has 5 rings (SSSR count). The highest BCUT2D eigenvalue weighted by Gasteiger charge is 2.43. The molecule has 1 aliphatic heterocycles. The van der Waals surface area contributed by atoms with Crippen molar-refractivity contribution in [3.63, 3.8) is 0 Å². The molecule has 5 N–H and O–H groups in total. The molecule has 0 radical (unpaired) electrons. The molecular weight excluding hydrogens is 372 g/mol. The Morgan fingerprint density at radius 3 is 2.59 bits per heavy atom. The van der Waals surface area contributed by atoms with E-state index in [1.165, 1.54) is 0 Å². The number of phenolic OH excluding ortho intramolecular Hbond substituents is 1. The van der Waals surface area contributed by atoms with E-state index in [9.17, 15) is 20.4 Å². The fourth-order valence-corrected chi connectivity index (χ4v) is 4.47. The molecule has 1 saturated heterocycles. The highest BCUT2D eigenvalue weighted by atomic mass is 16.5. The van der Waals surface area contributed by atoms with Gasteiger partial charge in [0, 0.05) is 27.7 Å². The summed E-state index contributed by atoms with van der Waals surface area (Å²) in [6.07, 6.45) is -0.690. The van der Waals surface area contributed by atoms with Gasteiger partial charge in [0.25, 0.3) is 6.23 Å². The van der Waals surface area contributed by atoms with Gasteiger partial charge in [-0.1, -0.05) is 0 Å². The SMILES string of the molecule is Cc1c2cc[n+]([C@@H]3OC[C@H](O)[C@H](O)[C@H]3O)cc2c(C)c2c1[nH]c1ccc(O)cc12. The average molecular weight is 395 g/mol. The minimum atomic E-state index is -1.26. The second-order valence-corrected chi connectivity index (χ2v) is 7.85. The Morgan fingerprint density at radius 2 is 1.79 bits per heavy atom. The number of hydrogen-bond acceptors (Lipinski definition) is 5. The summed E-state index contributed by atoms with van der Waals surface area (Å²) in [5, 5.41) is 44.1.